The summed E-state index contributed by atoms with van der Waals surface area (Å²) in [6.07, 6.45) is 4.95. The molecule has 1 aliphatic rings. The number of hydrogen-bond acceptors (Lipinski definition) is 3. The second kappa shape index (κ2) is 8.28. The molecule has 118 valence electrons. The van der Waals surface area contributed by atoms with Gasteiger partial charge in [0.05, 0.1) is 0 Å². The van der Waals surface area contributed by atoms with Crippen molar-refractivity contribution < 1.29 is 0 Å². The first-order valence-electron chi connectivity index (χ1n) is 7.73. The average molecular weight is 318 g/mol. The van der Waals surface area contributed by atoms with Crippen LogP contribution < -0.4 is 5.32 Å². The molecular weight excluding hydrogens is 294 g/mol. The van der Waals surface area contributed by atoms with Gasteiger partial charge in [-0.15, -0.1) is 12.4 Å². The minimum absolute atomic E-state index is 0. The fraction of sp³-hybridized carbons (Fsp3) is 0.389. The molecule has 1 fully saturated rings. The van der Waals surface area contributed by atoms with Crippen LogP contribution in [0.2, 0.25) is 0 Å². The van der Waals surface area contributed by atoms with Gasteiger partial charge in [-0.2, -0.15) is 0 Å². The Morgan fingerprint density at radius 2 is 2.05 bits per heavy atom. The van der Waals surface area contributed by atoms with Gasteiger partial charge in [0.1, 0.15) is 0 Å². The van der Waals surface area contributed by atoms with E-state index < -0.39 is 0 Å². The van der Waals surface area contributed by atoms with E-state index in [-0.39, 0.29) is 12.4 Å². The number of rotatable bonds is 4. The van der Waals surface area contributed by atoms with Crippen LogP contribution in [0.15, 0.2) is 48.8 Å². The molecule has 1 unspecified atom stereocenters. The lowest BCUT2D eigenvalue weighted by atomic mass is 10.0. The quantitative estimate of drug-likeness (QED) is 0.939. The molecule has 1 N–H and O–H groups in total. The molecular formula is C18H24ClN3. The monoisotopic (exact) mass is 317 g/mol. The van der Waals surface area contributed by atoms with Crippen LogP contribution in [0.5, 0.6) is 0 Å². The van der Waals surface area contributed by atoms with Crippen molar-refractivity contribution in [1.82, 2.24) is 15.2 Å². The van der Waals surface area contributed by atoms with Gasteiger partial charge in [0.2, 0.25) is 0 Å². The molecule has 3 rings (SSSR count). The minimum Gasteiger partial charge on any atom is -0.314 e. The van der Waals surface area contributed by atoms with Crippen LogP contribution in [-0.2, 0) is 6.42 Å². The van der Waals surface area contributed by atoms with E-state index >= 15 is 0 Å². The Hall–Kier alpha value is -1.42. The summed E-state index contributed by atoms with van der Waals surface area (Å²) in [5, 5.41) is 3.50. The molecule has 0 bridgehead atoms. The fourth-order valence-electron chi connectivity index (χ4n) is 2.94. The van der Waals surface area contributed by atoms with E-state index in [0.29, 0.717) is 6.04 Å². The largest absolute Gasteiger partial charge is 0.314 e. The lowest BCUT2D eigenvalue weighted by molar-refractivity contribution is 0.164. The van der Waals surface area contributed by atoms with Gasteiger partial charge in [-0.05, 0) is 30.5 Å². The Morgan fingerprint density at radius 1 is 1.23 bits per heavy atom. The summed E-state index contributed by atoms with van der Waals surface area (Å²) < 4.78 is 0. The first kappa shape index (κ1) is 16.9. The fourth-order valence-corrected chi connectivity index (χ4v) is 2.94. The van der Waals surface area contributed by atoms with E-state index in [1.165, 1.54) is 16.7 Å². The van der Waals surface area contributed by atoms with Crippen molar-refractivity contribution in [2.24, 2.45) is 0 Å². The van der Waals surface area contributed by atoms with Crippen molar-refractivity contribution in [3.63, 3.8) is 0 Å². The third-order valence-corrected chi connectivity index (χ3v) is 4.23. The molecule has 3 nitrogen and oxygen atoms in total. The Balaban J connectivity index is 0.00000176. The van der Waals surface area contributed by atoms with Crippen molar-refractivity contribution in [3.05, 3.63) is 65.5 Å². The predicted octanol–water partition coefficient (Wildman–Crippen LogP) is 3.00. The Kier molecular flexibility index (Phi) is 6.37. The molecule has 1 atom stereocenters. The van der Waals surface area contributed by atoms with Gasteiger partial charge in [-0.1, -0.05) is 35.9 Å². The lowest BCUT2D eigenvalue weighted by Crippen LogP contribution is -2.46. The highest BCUT2D eigenvalue weighted by atomic mass is 35.5. The maximum Gasteiger partial charge on any atom is 0.0488 e. The standard InChI is InChI=1S/C18H23N3.ClH/c1-15-4-6-16(7-5-15)8-11-21-12-10-20-14-18(21)17-3-2-9-19-13-17;/h2-7,9,13,18,20H,8,10-12,14H2,1H3;1H. The SMILES string of the molecule is Cc1ccc(CCN2CCNCC2c2cccnc2)cc1.Cl. The summed E-state index contributed by atoms with van der Waals surface area (Å²) in [4.78, 5) is 6.84. The Labute approximate surface area is 139 Å². The molecule has 0 radical (unpaired) electrons. The normalized spacial score (nSPS) is 18.7. The zero-order chi connectivity index (χ0) is 14.5. The van der Waals surface area contributed by atoms with E-state index in [1.54, 1.807) is 0 Å². The van der Waals surface area contributed by atoms with Crippen molar-refractivity contribution >= 4 is 12.4 Å². The van der Waals surface area contributed by atoms with Crippen molar-refractivity contribution in [3.8, 4) is 0 Å². The molecule has 1 aliphatic heterocycles. The van der Waals surface area contributed by atoms with Gasteiger partial charge >= 0.3 is 0 Å². The highest BCUT2D eigenvalue weighted by Gasteiger charge is 2.23. The van der Waals surface area contributed by atoms with Crippen LogP contribution >= 0.6 is 12.4 Å². The molecule has 0 aliphatic carbocycles. The number of nitrogens with zero attached hydrogens (tertiary/aromatic N) is 2. The Morgan fingerprint density at radius 3 is 2.77 bits per heavy atom. The number of piperazine rings is 1. The molecule has 2 heterocycles. The smallest absolute Gasteiger partial charge is 0.0488 e. The molecule has 0 spiro atoms. The third kappa shape index (κ3) is 4.29. The van der Waals surface area contributed by atoms with E-state index in [0.717, 1.165) is 32.6 Å². The van der Waals surface area contributed by atoms with Crippen LogP contribution in [-0.4, -0.2) is 36.1 Å². The van der Waals surface area contributed by atoms with Crippen LogP contribution in [0, 0.1) is 6.92 Å². The topological polar surface area (TPSA) is 28.2 Å². The summed E-state index contributed by atoms with van der Waals surface area (Å²) >= 11 is 0. The van der Waals surface area contributed by atoms with E-state index in [9.17, 15) is 0 Å². The summed E-state index contributed by atoms with van der Waals surface area (Å²) in [7, 11) is 0. The van der Waals surface area contributed by atoms with Crippen molar-refractivity contribution in [2.75, 3.05) is 26.2 Å². The first-order valence-corrected chi connectivity index (χ1v) is 7.73. The molecule has 1 aromatic heterocycles. The number of aryl methyl sites for hydroxylation is 1. The van der Waals surface area contributed by atoms with Gasteiger partial charge in [0, 0.05) is 44.6 Å². The molecule has 0 amide bonds. The number of benzene rings is 1. The number of halogens is 1. The van der Waals surface area contributed by atoms with Gasteiger partial charge in [-0.3, -0.25) is 9.88 Å². The van der Waals surface area contributed by atoms with Crippen LogP contribution in [0.4, 0.5) is 0 Å². The molecule has 4 heteroatoms. The summed E-state index contributed by atoms with van der Waals surface area (Å²) in [5.41, 5.74) is 4.06. The number of aromatic nitrogens is 1. The first-order chi connectivity index (χ1) is 10.3. The van der Waals surface area contributed by atoms with Crippen LogP contribution in [0.25, 0.3) is 0 Å². The van der Waals surface area contributed by atoms with Crippen molar-refractivity contribution in [2.45, 2.75) is 19.4 Å². The minimum atomic E-state index is 0. The summed E-state index contributed by atoms with van der Waals surface area (Å²) in [6.45, 7) is 6.43. The van der Waals surface area contributed by atoms with Gasteiger partial charge < -0.3 is 5.32 Å². The molecule has 0 saturated carbocycles. The molecule has 2 aromatic rings. The maximum atomic E-state index is 4.27. The number of hydrogen-bond donors (Lipinski definition) is 1. The van der Waals surface area contributed by atoms with Gasteiger partial charge in [0.25, 0.3) is 0 Å². The van der Waals surface area contributed by atoms with Crippen LogP contribution in [0.3, 0.4) is 0 Å². The molecule has 1 aromatic carbocycles. The van der Waals surface area contributed by atoms with Crippen LogP contribution in [0.1, 0.15) is 22.7 Å². The number of pyridine rings is 1. The maximum absolute atomic E-state index is 4.27. The molecule has 1 saturated heterocycles. The van der Waals surface area contributed by atoms with Gasteiger partial charge in [-0.25, -0.2) is 0 Å². The van der Waals surface area contributed by atoms with E-state index in [4.69, 9.17) is 0 Å². The third-order valence-electron chi connectivity index (χ3n) is 4.23. The zero-order valence-electron chi connectivity index (χ0n) is 13.0. The molecule has 22 heavy (non-hydrogen) atoms. The average Bonchev–Trinajstić information content (AvgIpc) is 2.55. The summed E-state index contributed by atoms with van der Waals surface area (Å²) in [6, 6.07) is 13.5. The Bertz CT molecular complexity index is 556. The second-order valence-electron chi connectivity index (χ2n) is 5.78. The highest BCUT2D eigenvalue weighted by Crippen LogP contribution is 2.21. The zero-order valence-corrected chi connectivity index (χ0v) is 13.9. The summed E-state index contributed by atoms with van der Waals surface area (Å²) in [5.74, 6) is 0. The van der Waals surface area contributed by atoms with Gasteiger partial charge in [0.15, 0.2) is 0 Å². The highest BCUT2D eigenvalue weighted by molar-refractivity contribution is 5.85. The van der Waals surface area contributed by atoms with E-state index in [1.807, 2.05) is 18.5 Å². The number of nitrogens with one attached hydrogen (secondary N) is 1. The lowest BCUT2D eigenvalue weighted by Gasteiger charge is -2.36. The van der Waals surface area contributed by atoms with E-state index in [2.05, 4.69) is 52.5 Å². The predicted molar refractivity (Wildman–Crippen MR) is 93.6 cm³/mol. The second-order valence-corrected chi connectivity index (χ2v) is 5.78. The van der Waals surface area contributed by atoms with Crippen molar-refractivity contribution in [1.29, 1.82) is 0 Å².